The van der Waals surface area contributed by atoms with E-state index in [1.807, 2.05) is 6.07 Å². The van der Waals surface area contributed by atoms with Gasteiger partial charge in [0.2, 0.25) is 0 Å². The first-order chi connectivity index (χ1) is 8.25. The highest BCUT2D eigenvalue weighted by Crippen LogP contribution is 2.36. The van der Waals surface area contributed by atoms with Gasteiger partial charge in [-0.25, -0.2) is 4.79 Å². The van der Waals surface area contributed by atoms with E-state index in [0.29, 0.717) is 11.5 Å². The molecular formula is C14H17NO2. The van der Waals surface area contributed by atoms with Crippen molar-refractivity contribution in [1.82, 2.24) is 4.90 Å². The molecule has 1 aromatic carbocycles. The van der Waals surface area contributed by atoms with Crippen LogP contribution in [0.2, 0.25) is 0 Å². The van der Waals surface area contributed by atoms with Gasteiger partial charge in [-0.15, -0.1) is 0 Å². The molecule has 1 heterocycles. The summed E-state index contributed by atoms with van der Waals surface area (Å²) < 4.78 is 0. The van der Waals surface area contributed by atoms with Crippen molar-refractivity contribution in [3.63, 3.8) is 0 Å². The molecule has 1 N–H and O–H groups in total. The van der Waals surface area contributed by atoms with Crippen molar-refractivity contribution in [3.8, 4) is 0 Å². The Hall–Kier alpha value is -1.35. The molecular weight excluding hydrogens is 214 g/mol. The average molecular weight is 231 g/mol. The quantitative estimate of drug-likeness (QED) is 0.866. The molecule has 1 aliphatic carbocycles. The summed E-state index contributed by atoms with van der Waals surface area (Å²) in [5.74, 6) is -0.240. The predicted octanol–water partition coefficient (Wildman–Crippen LogP) is 2.12. The van der Waals surface area contributed by atoms with Crippen LogP contribution in [0.3, 0.4) is 0 Å². The lowest BCUT2D eigenvalue weighted by Gasteiger charge is -2.33. The Balaban J connectivity index is 1.86. The minimum Gasteiger partial charge on any atom is -0.478 e. The SMILES string of the molecule is O=C(O)c1cccc2c1CCC2CN1CCC1. The summed E-state index contributed by atoms with van der Waals surface area (Å²) in [6.07, 6.45) is 3.35. The Morgan fingerprint density at radius 1 is 1.41 bits per heavy atom. The zero-order valence-corrected chi connectivity index (χ0v) is 9.85. The van der Waals surface area contributed by atoms with Crippen molar-refractivity contribution < 1.29 is 9.90 Å². The highest BCUT2D eigenvalue weighted by molar-refractivity contribution is 5.90. The maximum Gasteiger partial charge on any atom is 0.335 e. The summed E-state index contributed by atoms with van der Waals surface area (Å²) in [7, 11) is 0. The number of rotatable bonds is 3. The Bertz CT molecular complexity index is 452. The summed E-state index contributed by atoms with van der Waals surface area (Å²) in [4.78, 5) is 13.6. The molecule has 0 spiro atoms. The lowest BCUT2D eigenvalue weighted by molar-refractivity contribution is 0.0696. The van der Waals surface area contributed by atoms with Gasteiger partial charge in [-0.05, 0) is 55.5 Å². The molecule has 3 rings (SSSR count). The number of carbonyl (C=O) groups is 1. The van der Waals surface area contributed by atoms with E-state index >= 15 is 0 Å². The summed E-state index contributed by atoms with van der Waals surface area (Å²) in [5, 5.41) is 9.16. The molecule has 1 atom stereocenters. The van der Waals surface area contributed by atoms with E-state index in [2.05, 4.69) is 11.0 Å². The van der Waals surface area contributed by atoms with Gasteiger partial charge in [0.1, 0.15) is 0 Å². The summed E-state index contributed by atoms with van der Waals surface area (Å²) in [5.41, 5.74) is 2.86. The van der Waals surface area contributed by atoms with Crippen molar-refractivity contribution in [2.45, 2.75) is 25.2 Å². The van der Waals surface area contributed by atoms with Gasteiger partial charge in [0.05, 0.1) is 5.56 Å². The second-order valence-corrected chi connectivity index (χ2v) is 5.07. The first kappa shape index (κ1) is 10.8. The molecule has 1 aromatic rings. The van der Waals surface area contributed by atoms with Crippen LogP contribution < -0.4 is 0 Å². The van der Waals surface area contributed by atoms with Crippen LogP contribution in [0.15, 0.2) is 18.2 Å². The van der Waals surface area contributed by atoms with E-state index in [1.165, 1.54) is 25.1 Å². The van der Waals surface area contributed by atoms with Gasteiger partial charge in [0.15, 0.2) is 0 Å². The molecule has 1 aliphatic heterocycles. The molecule has 0 amide bonds. The Morgan fingerprint density at radius 3 is 2.88 bits per heavy atom. The molecule has 17 heavy (non-hydrogen) atoms. The molecule has 0 saturated carbocycles. The van der Waals surface area contributed by atoms with Gasteiger partial charge in [-0.2, -0.15) is 0 Å². The van der Waals surface area contributed by atoms with Crippen LogP contribution >= 0.6 is 0 Å². The first-order valence-electron chi connectivity index (χ1n) is 6.33. The number of nitrogens with zero attached hydrogens (tertiary/aromatic N) is 1. The Morgan fingerprint density at radius 2 is 2.24 bits per heavy atom. The summed E-state index contributed by atoms with van der Waals surface area (Å²) in [6, 6.07) is 5.73. The van der Waals surface area contributed by atoms with Crippen LogP contribution in [0.1, 0.15) is 40.2 Å². The number of benzene rings is 1. The highest BCUT2D eigenvalue weighted by atomic mass is 16.4. The molecule has 1 saturated heterocycles. The summed E-state index contributed by atoms with van der Waals surface area (Å²) in [6.45, 7) is 3.53. The maximum atomic E-state index is 11.1. The number of likely N-dealkylation sites (tertiary alicyclic amines) is 1. The number of aromatic carboxylic acids is 1. The predicted molar refractivity (Wildman–Crippen MR) is 65.5 cm³/mol. The number of fused-ring (bicyclic) bond motifs is 1. The van der Waals surface area contributed by atoms with Gasteiger partial charge in [-0.1, -0.05) is 12.1 Å². The minimum absolute atomic E-state index is 0.508. The van der Waals surface area contributed by atoms with Gasteiger partial charge < -0.3 is 10.0 Å². The van der Waals surface area contributed by atoms with E-state index in [-0.39, 0.29) is 0 Å². The second-order valence-electron chi connectivity index (χ2n) is 5.07. The van der Waals surface area contributed by atoms with Crippen molar-refractivity contribution in [2.24, 2.45) is 0 Å². The first-order valence-corrected chi connectivity index (χ1v) is 6.33. The maximum absolute atomic E-state index is 11.1. The molecule has 0 bridgehead atoms. The molecule has 0 aromatic heterocycles. The molecule has 1 fully saturated rings. The van der Waals surface area contributed by atoms with E-state index in [9.17, 15) is 4.79 Å². The molecule has 90 valence electrons. The smallest absolute Gasteiger partial charge is 0.335 e. The van der Waals surface area contributed by atoms with E-state index in [4.69, 9.17) is 5.11 Å². The number of carboxylic acids is 1. The van der Waals surface area contributed by atoms with Gasteiger partial charge in [-0.3, -0.25) is 0 Å². The van der Waals surface area contributed by atoms with Gasteiger partial charge >= 0.3 is 5.97 Å². The number of carboxylic acid groups (broad SMARTS) is 1. The Kier molecular flexibility index (Phi) is 2.63. The van der Waals surface area contributed by atoms with Crippen LogP contribution in [-0.2, 0) is 6.42 Å². The molecule has 3 heteroatoms. The largest absolute Gasteiger partial charge is 0.478 e. The topological polar surface area (TPSA) is 40.5 Å². The number of hydrogen-bond donors (Lipinski definition) is 1. The lowest BCUT2D eigenvalue weighted by atomic mass is 9.97. The fourth-order valence-electron chi connectivity index (χ4n) is 3.01. The van der Waals surface area contributed by atoms with Crippen LogP contribution in [0.5, 0.6) is 0 Å². The third-order valence-electron chi connectivity index (χ3n) is 4.05. The monoisotopic (exact) mass is 231 g/mol. The van der Waals surface area contributed by atoms with Crippen LogP contribution in [0.4, 0.5) is 0 Å². The van der Waals surface area contributed by atoms with Crippen molar-refractivity contribution in [1.29, 1.82) is 0 Å². The number of hydrogen-bond acceptors (Lipinski definition) is 2. The highest BCUT2D eigenvalue weighted by Gasteiger charge is 2.28. The molecule has 2 aliphatic rings. The van der Waals surface area contributed by atoms with E-state index in [1.54, 1.807) is 6.07 Å². The Labute approximate surface area is 101 Å². The van der Waals surface area contributed by atoms with E-state index in [0.717, 1.165) is 24.9 Å². The van der Waals surface area contributed by atoms with Crippen molar-refractivity contribution in [2.75, 3.05) is 19.6 Å². The standard InChI is InChI=1S/C14H17NO2/c16-14(17)13-4-1-3-11-10(5-6-12(11)13)9-15-7-2-8-15/h1,3-4,10H,2,5-9H2,(H,16,17). The summed E-state index contributed by atoms with van der Waals surface area (Å²) >= 11 is 0. The van der Waals surface area contributed by atoms with Crippen LogP contribution in [0, 0.1) is 0 Å². The molecule has 0 radical (unpaired) electrons. The third-order valence-corrected chi connectivity index (χ3v) is 4.05. The zero-order chi connectivity index (χ0) is 11.8. The van der Waals surface area contributed by atoms with Crippen LogP contribution in [0.25, 0.3) is 0 Å². The molecule has 3 nitrogen and oxygen atoms in total. The molecule has 1 unspecified atom stereocenters. The van der Waals surface area contributed by atoms with Gasteiger partial charge in [0, 0.05) is 6.54 Å². The lowest BCUT2D eigenvalue weighted by Crippen LogP contribution is -2.39. The van der Waals surface area contributed by atoms with E-state index < -0.39 is 5.97 Å². The third kappa shape index (κ3) is 1.84. The average Bonchev–Trinajstić information content (AvgIpc) is 2.66. The van der Waals surface area contributed by atoms with Crippen LogP contribution in [-0.4, -0.2) is 35.6 Å². The van der Waals surface area contributed by atoms with Gasteiger partial charge in [0.25, 0.3) is 0 Å². The van der Waals surface area contributed by atoms with Crippen molar-refractivity contribution >= 4 is 5.97 Å². The minimum atomic E-state index is -0.786. The zero-order valence-electron chi connectivity index (χ0n) is 9.85. The van der Waals surface area contributed by atoms with Crippen molar-refractivity contribution in [3.05, 3.63) is 34.9 Å². The second kappa shape index (κ2) is 4.15. The fourth-order valence-corrected chi connectivity index (χ4v) is 3.01. The fraction of sp³-hybridized carbons (Fsp3) is 0.500. The normalized spacial score (nSPS) is 23.2.